The van der Waals surface area contributed by atoms with Crippen molar-refractivity contribution in [3.63, 3.8) is 0 Å². The molecule has 1 aromatic carbocycles. The van der Waals surface area contributed by atoms with Crippen LogP contribution in [0.3, 0.4) is 0 Å². The summed E-state index contributed by atoms with van der Waals surface area (Å²) in [5.41, 5.74) is 4.43. The van der Waals surface area contributed by atoms with Crippen LogP contribution in [0.1, 0.15) is 26.2 Å². The number of hydrogen-bond acceptors (Lipinski definition) is 3. The zero-order chi connectivity index (χ0) is 21.8. The van der Waals surface area contributed by atoms with Crippen molar-refractivity contribution in [3.05, 3.63) is 72.0 Å². The quantitative estimate of drug-likeness (QED) is 0.713. The first-order chi connectivity index (χ1) is 15.0. The van der Waals surface area contributed by atoms with Crippen LogP contribution in [0.4, 0.5) is 16.2 Å². The van der Waals surface area contributed by atoms with E-state index in [-0.39, 0.29) is 6.03 Å². The SMILES string of the molecule is CC1CC(C2C=CC=CC2)=CC=C1NC(=O)Nc1ccc(N2CCC(N(C)C)C2)cc1. The number of rotatable bonds is 5. The van der Waals surface area contributed by atoms with Crippen LogP contribution < -0.4 is 15.5 Å². The Bertz CT molecular complexity index is 910. The number of carbonyl (C=O) groups is 1. The molecule has 5 heteroatoms. The van der Waals surface area contributed by atoms with Crippen LogP contribution in [0.25, 0.3) is 0 Å². The highest BCUT2D eigenvalue weighted by Crippen LogP contribution is 2.32. The lowest BCUT2D eigenvalue weighted by molar-refractivity contribution is 0.253. The minimum atomic E-state index is -0.183. The summed E-state index contributed by atoms with van der Waals surface area (Å²) < 4.78 is 0. The third kappa shape index (κ3) is 5.28. The van der Waals surface area contributed by atoms with Crippen LogP contribution in [0.15, 0.2) is 72.0 Å². The minimum absolute atomic E-state index is 0.183. The zero-order valence-corrected chi connectivity index (χ0v) is 18.8. The molecule has 3 aliphatic rings. The number of carbonyl (C=O) groups excluding carboxylic acids is 1. The molecule has 2 aliphatic carbocycles. The number of amides is 2. The summed E-state index contributed by atoms with van der Waals surface area (Å²) in [5.74, 6) is 0.786. The van der Waals surface area contributed by atoms with E-state index >= 15 is 0 Å². The van der Waals surface area contributed by atoms with Gasteiger partial charge in [-0.3, -0.25) is 0 Å². The molecule has 0 aromatic heterocycles. The van der Waals surface area contributed by atoms with Crippen LogP contribution in [0, 0.1) is 11.8 Å². The third-order valence-corrected chi connectivity index (χ3v) is 6.65. The van der Waals surface area contributed by atoms with Crippen molar-refractivity contribution in [2.75, 3.05) is 37.4 Å². The van der Waals surface area contributed by atoms with E-state index < -0.39 is 0 Å². The van der Waals surface area contributed by atoms with E-state index in [0.29, 0.717) is 17.9 Å². The van der Waals surface area contributed by atoms with Crippen molar-refractivity contribution >= 4 is 17.4 Å². The van der Waals surface area contributed by atoms with Crippen LogP contribution in [-0.2, 0) is 0 Å². The first kappa shape index (κ1) is 21.4. The van der Waals surface area contributed by atoms with Gasteiger partial charge in [-0.1, -0.05) is 42.9 Å². The molecule has 2 amide bonds. The fourth-order valence-electron chi connectivity index (χ4n) is 4.63. The van der Waals surface area contributed by atoms with E-state index in [4.69, 9.17) is 0 Å². The van der Waals surface area contributed by atoms with Crippen LogP contribution in [-0.4, -0.2) is 44.2 Å². The van der Waals surface area contributed by atoms with E-state index in [0.717, 1.165) is 37.3 Å². The maximum Gasteiger partial charge on any atom is 0.323 e. The van der Waals surface area contributed by atoms with E-state index in [2.05, 4.69) is 90.0 Å². The smallest absolute Gasteiger partial charge is 0.323 e. The Labute approximate surface area is 186 Å². The van der Waals surface area contributed by atoms with Crippen LogP contribution in [0.2, 0.25) is 0 Å². The first-order valence-corrected chi connectivity index (χ1v) is 11.3. The largest absolute Gasteiger partial charge is 0.370 e. The molecule has 0 saturated carbocycles. The van der Waals surface area contributed by atoms with Gasteiger partial charge in [0.25, 0.3) is 0 Å². The Morgan fingerprint density at radius 2 is 1.90 bits per heavy atom. The normalized spacial score (nSPS) is 25.4. The number of nitrogens with zero attached hydrogens (tertiary/aromatic N) is 2. The summed E-state index contributed by atoms with van der Waals surface area (Å²) in [5, 5.41) is 6.02. The lowest BCUT2D eigenvalue weighted by Crippen LogP contribution is -2.32. The van der Waals surface area contributed by atoms with Gasteiger partial charge in [-0.05, 0) is 63.7 Å². The monoisotopic (exact) mass is 418 g/mol. The van der Waals surface area contributed by atoms with Crippen molar-refractivity contribution in [3.8, 4) is 0 Å². The summed E-state index contributed by atoms with van der Waals surface area (Å²) in [6.45, 7) is 4.30. The fraction of sp³-hybridized carbons (Fsp3) is 0.423. The summed E-state index contributed by atoms with van der Waals surface area (Å²) in [6.07, 6.45) is 16.2. The molecule has 31 heavy (non-hydrogen) atoms. The van der Waals surface area contributed by atoms with Gasteiger partial charge in [-0.25, -0.2) is 4.79 Å². The maximum absolute atomic E-state index is 12.5. The highest BCUT2D eigenvalue weighted by atomic mass is 16.2. The van der Waals surface area contributed by atoms with Gasteiger partial charge in [-0.2, -0.15) is 0 Å². The molecule has 164 valence electrons. The molecule has 1 fully saturated rings. The molecule has 3 unspecified atom stereocenters. The predicted octanol–water partition coefficient (Wildman–Crippen LogP) is 4.93. The number of anilines is 2. The third-order valence-electron chi connectivity index (χ3n) is 6.65. The van der Waals surface area contributed by atoms with Crippen molar-refractivity contribution in [1.82, 2.24) is 10.2 Å². The van der Waals surface area contributed by atoms with Crippen LogP contribution >= 0.6 is 0 Å². The van der Waals surface area contributed by atoms with Crippen LogP contribution in [0.5, 0.6) is 0 Å². The van der Waals surface area contributed by atoms with Gasteiger partial charge in [0.2, 0.25) is 0 Å². The molecule has 1 heterocycles. The highest BCUT2D eigenvalue weighted by Gasteiger charge is 2.24. The van der Waals surface area contributed by atoms with Gasteiger partial charge in [-0.15, -0.1) is 0 Å². The number of nitrogens with one attached hydrogen (secondary N) is 2. The molecule has 1 aromatic rings. The van der Waals surface area contributed by atoms with E-state index in [1.807, 2.05) is 12.1 Å². The second-order valence-corrected chi connectivity index (χ2v) is 9.10. The number of urea groups is 1. The van der Waals surface area contributed by atoms with Gasteiger partial charge >= 0.3 is 6.03 Å². The molecular weight excluding hydrogens is 384 g/mol. The first-order valence-electron chi connectivity index (χ1n) is 11.3. The Kier molecular flexibility index (Phi) is 6.62. The summed E-state index contributed by atoms with van der Waals surface area (Å²) in [6, 6.07) is 8.58. The molecule has 0 bridgehead atoms. The molecule has 0 radical (unpaired) electrons. The van der Waals surface area contributed by atoms with Crippen molar-refractivity contribution < 1.29 is 4.79 Å². The lowest BCUT2D eigenvalue weighted by Gasteiger charge is -2.26. The maximum atomic E-state index is 12.5. The molecule has 3 atom stereocenters. The Morgan fingerprint density at radius 1 is 1.10 bits per heavy atom. The summed E-state index contributed by atoms with van der Waals surface area (Å²) in [4.78, 5) is 17.2. The van der Waals surface area contributed by atoms with E-state index in [1.165, 1.54) is 17.7 Å². The lowest BCUT2D eigenvalue weighted by atomic mass is 9.82. The van der Waals surface area contributed by atoms with Gasteiger partial charge in [0.05, 0.1) is 0 Å². The molecule has 0 spiro atoms. The Hall–Kier alpha value is -2.79. The molecular formula is C26H34N4O. The Balaban J connectivity index is 1.31. The van der Waals surface area contributed by atoms with Gasteiger partial charge in [0.1, 0.15) is 0 Å². The predicted molar refractivity (Wildman–Crippen MR) is 129 cm³/mol. The topological polar surface area (TPSA) is 47.6 Å². The minimum Gasteiger partial charge on any atom is -0.370 e. The fourth-order valence-corrected chi connectivity index (χ4v) is 4.63. The average Bonchev–Trinajstić information content (AvgIpc) is 3.27. The second kappa shape index (κ2) is 9.56. The molecule has 1 saturated heterocycles. The van der Waals surface area contributed by atoms with Crippen molar-refractivity contribution in [2.24, 2.45) is 11.8 Å². The van der Waals surface area contributed by atoms with Gasteiger partial charge in [0, 0.05) is 48.0 Å². The second-order valence-electron chi connectivity index (χ2n) is 9.10. The number of benzene rings is 1. The number of likely N-dealkylation sites (N-methyl/N-ethyl adjacent to an activating group) is 1. The number of hydrogen-bond donors (Lipinski definition) is 2. The molecule has 4 rings (SSSR count). The van der Waals surface area contributed by atoms with E-state index in [9.17, 15) is 4.79 Å². The standard InChI is InChI=1S/C26H34N4O/c1-19-17-21(20-7-5-4-6-8-20)9-14-25(19)28-26(31)27-22-10-12-23(13-11-22)30-16-15-24(18-30)29(2)3/h4-7,9-14,19-20,24H,8,15-18H2,1-3H3,(H2,27,28,31). The van der Waals surface area contributed by atoms with Crippen molar-refractivity contribution in [1.29, 1.82) is 0 Å². The summed E-state index contributed by atoms with van der Waals surface area (Å²) >= 11 is 0. The number of allylic oxidation sites excluding steroid dienone is 8. The highest BCUT2D eigenvalue weighted by molar-refractivity contribution is 5.90. The van der Waals surface area contributed by atoms with Gasteiger partial charge in [0.15, 0.2) is 0 Å². The van der Waals surface area contributed by atoms with Crippen molar-refractivity contribution in [2.45, 2.75) is 32.2 Å². The molecule has 1 aliphatic heterocycles. The molecule has 2 N–H and O–H groups in total. The zero-order valence-electron chi connectivity index (χ0n) is 18.8. The van der Waals surface area contributed by atoms with Gasteiger partial charge < -0.3 is 20.4 Å². The average molecular weight is 419 g/mol. The Morgan fingerprint density at radius 3 is 2.55 bits per heavy atom. The molecule has 5 nitrogen and oxygen atoms in total. The van der Waals surface area contributed by atoms with E-state index in [1.54, 1.807) is 0 Å². The summed E-state index contributed by atoms with van der Waals surface area (Å²) in [7, 11) is 4.28.